The minimum Gasteiger partial charge on any atom is -0.330 e. The molecular formula is C16H30ClN3. The summed E-state index contributed by atoms with van der Waals surface area (Å²) in [7, 11) is 0. The van der Waals surface area contributed by atoms with E-state index in [9.17, 15) is 0 Å². The van der Waals surface area contributed by atoms with Crippen molar-refractivity contribution < 1.29 is 0 Å². The molecule has 1 aromatic heterocycles. The van der Waals surface area contributed by atoms with E-state index in [0.29, 0.717) is 0 Å². The average Bonchev–Trinajstić information content (AvgIpc) is 2.79. The number of hydrogen-bond acceptors (Lipinski definition) is 2. The molecule has 0 bridgehead atoms. The van der Waals surface area contributed by atoms with Crippen molar-refractivity contribution in [2.24, 2.45) is 11.1 Å². The fourth-order valence-electron chi connectivity index (χ4n) is 2.80. The molecule has 0 saturated carbocycles. The molecule has 0 fully saturated rings. The van der Waals surface area contributed by atoms with Gasteiger partial charge in [0, 0.05) is 6.54 Å². The molecule has 0 aliphatic heterocycles. The molecule has 1 aromatic rings. The lowest BCUT2D eigenvalue weighted by atomic mass is 9.76. The van der Waals surface area contributed by atoms with Gasteiger partial charge in [0.15, 0.2) is 0 Å². The molecule has 1 heterocycles. The zero-order chi connectivity index (χ0) is 15.2. The normalized spacial score (nSPS) is 14.5. The van der Waals surface area contributed by atoms with Crippen LogP contribution in [0.3, 0.4) is 0 Å². The van der Waals surface area contributed by atoms with Crippen molar-refractivity contribution in [2.75, 3.05) is 6.54 Å². The fraction of sp³-hybridized carbons (Fsp3) is 0.812. The number of unbranched alkanes of at least 4 members (excludes halogenated alkanes) is 1. The van der Waals surface area contributed by atoms with Gasteiger partial charge in [-0.05, 0) is 44.6 Å². The Hall–Kier alpha value is -0.540. The van der Waals surface area contributed by atoms with E-state index in [-0.39, 0.29) is 5.41 Å². The van der Waals surface area contributed by atoms with Gasteiger partial charge in [0.05, 0.1) is 16.4 Å². The van der Waals surface area contributed by atoms with Crippen molar-refractivity contribution in [3.8, 4) is 0 Å². The Morgan fingerprint density at radius 3 is 2.40 bits per heavy atom. The SMILES string of the molecule is CCCCC(CC)(CN)Cc1c(Cl)c(CC)nn1CC. The molecule has 20 heavy (non-hydrogen) atoms. The van der Waals surface area contributed by atoms with Crippen molar-refractivity contribution in [3.05, 3.63) is 16.4 Å². The molecule has 0 aromatic carbocycles. The van der Waals surface area contributed by atoms with E-state index in [1.54, 1.807) is 0 Å². The Bertz CT molecular complexity index is 408. The Labute approximate surface area is 128 Å². The van der Waals surface area contributed by atoms with Crippen molar-refractivity contribution in [1.29, 1.82) is 0 Å². The predicted octanol–water partition coefficient (Wildman–Crippen LogP) is 4.21. The quantitative estimate of drug-likeness (QED) is 0.742. The van der Waals surface area contributed by atoms with Gasteiger partial charge in [-0.2, -0.15) is 5.10 Å². The monoisotopic (exact) mass is 299 g/mol. The summed E-state index contributed by atoms with van der Waals surface area (Å²) in [6.45, 7) is 10.3. The first kappa shape index (κ1) is 17.5. The molecule has 0 aliphatic rings. The molecule has 1 atom stereocenters. The molecule has 3 nitrogen and oxygen atoms in total. The molecule has 2 N–H and O–H groups in total. The van der Waals surface area contributed by atoms with Crippen molar-refractivity contribution >= 4 is 11.6 Å². The second-order valence-electron chi connectivity index (χ2n) is 5.71. The third-order valence-corrected chi connectivity index (χ3v) is 4.92. The summed E-state index contributed by atoms with van der Waals surface area (Å²) in [5.74, 6) is 0. The van der Waals surface area contributed by atoms with Crippen LogP contribution in [0.25, 0.3) is 0 Å². The third kappa shape index (κ3) is 3.76. The van der Waals surface area contributed by atoms with Crippen LogP contribution in [0.15, 0.2) is 0 Å². The second-order valence-corrected chi connectivity index (χ2v) is 6.09. The van der Waals surface area contributed by atoms with Gasteiger partial charge >= 0.3 is 0 Å². The van der Waals surface area contributed by atoms with Crippen molar-refractivity contribution in [1.82, 2.24) is 9.78 Å². The molecule has 1 unspecified atom stereocenters. The number of aryl methyl sites for hydroxylation is 2. The first-order chi connectivity index (χ1) is 9.57. The van der Waals surface area contributed by atoms with Gasteiger partial charge in [-0.25, -0.2) is 0 Å². The van der Waals surface area contributed by atoms with E-state index < -0.39 is 0 Å². The Morgan fingerprint density at radius 2 is 1.95 bits per heavy atom. The maximum absolute atomic E-state index is 6.54. The zero-order valence-electron chi connectivity index (χ0n) is 13.5. The minimum atomic E-state index is 0.164. The highest BCUT2D eigenvalue weighted by atomic mass is 35.5. The molecule has 116 valence electrons. The van der Waals surface area contributed by atoms with E-state index in [1.807, 2.05) is 0 Å². The Kier molecular flexibility index (Phi) is 7.04. The van der Waals surface area contributed by atoms with E-state index in [2.05, 4.69) is 37.5 Å². The summed E-state index contributed by atoms with van der Waals surface area (Å²) in [6, 6.07) is 0. The molecule has 0 aliphatic carbocycles. The van der Waals surface area contributed by atoms with Crippen LogP contribution in [0.4, 0.5) is 0 Å². The van der Waals surface area contributed by atoms with Crippen LogP contribution in [-0.4, -0.2) is 16.3 Å². The summed E-state index contributed by atoms with van der Waals surface area (Å²) in [6.07, 6.45) is 6.53. The van der Waals surface area contributed by atoms with Crippen LogP contribution in [-0.2, 0) is 19.4 Å². The van der Waals surface area contributed by atoms with Crippen LogP contribution in [0.1, 0.15) is 64.8 Å². The summed E-state index contributed by atoms with van der Waals surface area (Å²) in [4.78, 5) is 0. The van der Waals surface area contributed by atoms with E-state index in [1.165, 1.54) is 25.0 Å². The standard InChI is InChI=1S/C16H30ClN3/c1-5-9-10-16(7-3,12-18)11-14-15(17)13(6-2)19-20(14)8-4/h5-12,18H2,1-4H3. The van der Waals surface area contributed by atoms with Gasteiger partial charge in [-0.3, -0.25) is 4.68 Å². The van der Waals surface area contributed by atoms with Crippen LogP contribution < -0.4 is 5.73 Å². The fourth-order valence-corrected chi connectivity index (χ4v) is 3.14. The molecule has 0 spiro atoms. The van der Waals surface area contributed by atoms with Gasteiger partial charge in [0.25, 0.3) is 0 Å². The highest BCUT2D eigenvalue weighted by Crippen LogP contribution is 2.35. The molecule has 1 rings (SSSR count). The Balaban J connectivity index is 3.06. The van der Waals surface area contributed by atoms with Crippen LogP contribution in [0.5, 0.6) is 0 Å². The first-order valence-electron chi connectivity index (χ1n) is 8.01. The van der Waals surface area contributed by atoms with Gasteiger partial charge in [0.2, 0.25) is 0 Å². The number of aromatic nitrogens is 2. The highest BCUT2D eigenvalue weighted by Gasteiger charge is 2.29. The predicted molar refractivity (Wildman–Crippen MR) is 87.3 cm³/mol. The number of rotatable bonds is 9. The van der Waals surface area contributed by atoms with Gasteiger partial charge in [-0.1, -0.05) is 45.2 Å². The van der Waals surface area contributed by atoms with E-state index >= 15 is 0 Å². The number of halogens is 1. The highest BCUT2D eigenvalue weighted by molar-refractivity contribution is 6.31. The molecule has 0 saturated heterocycles. The maximum atomic E-state index is 6.54. The smallest absolute Gasteiger partial charge is 0.0850 e. The summed E-state index contributed by atoms with van der Waals surface area (Å²) < 4.78 is 2.06. The molecule has 0 radical (unpaired) electrons. The lowest BCUT2D eigenvalue weighted by Gasteiger charge is -2.32. The van der Waals surface area contributed by atoms with Gasteiger partial charge in [-0.15, -0.1) is 0 Å². The van der Waals surface area contributed by atoms with Crippen molar-refractivity contribution in [2.45, 2.75) is 72.8 Å². The number of nitrogens with two attached hydrogens (primary N) is 1. The van der Waals surface area contributed by atoms with Crippen LogP contribution >= 0.6 is 11.6 Å². The zero-order valence-corrected chi connectivity index (χ0v) is 14.3. The van der Waals surface area contributed by atoms with Gasteiger partial charge < -0.3 is 5.73 Å². The minimum absolute atomic E-state index is 0.164. The topological polar surface area (TPSA) is 43.8 Å². The summed E-state index contributed by atoms with van der Waals surface area (Å²) >= 11 is 6.54. The van der Waals surface area contributed by atoms with Crippen LogP contribution in [0, 0.1) is 5.41 Å². The third-order valence-electron chi connectivity index (χ3n) is 4.48. The average molecular weight is 300 g/mol. The maximum Gasteiger partial charge on any atom is 0.0850 e. The molecular weight excluding hydrogens is 270 g/mol. The number of nitrogens with zero attached hydrogens (tertiary/aromatic N) is 2. The Morgan fingerprint density at radius 1 is 1.25 bits per heavy atom. The van der Waals surface area contributed by atoms with Crippen LogP contribution in [0.2, 0.25) is 5.02 Å². The number of hydrogen-bond donors (Lipinski definition) is 1. The molecule has 0 amide bonds. The van der Waals surface area contributed by atoms with Crippen molar-refractivity contribution in [3.63, 3.8) is 0 Å². The lowest BCUT2D eigenvalue weighted by molar-refractivity contribution is 0.245. The summed E-state index contributed by atoms with van der Waals surface area (Å²) in [5.41, 5.74) is 8.47. The molecule has 4 heteroatoms. The van der Waals surface area contributed by atoms with E-state index in [4.69, 9.17) is 17.3 Å². The first-order valence-corrected chi connectivity index (χ1v) is 8.39. The summed E-state index contributed by atoms with van der Waals surface area (Å²) in [5, 5.41) is 5.48. The van der Waals surface area contributed by atoms with E-state index in [0.717, 1.165) is 43.1 Å². The largest absolute Gasteiger partial charge is 0.330 e. The lowest BCUT2D eigenvalue weighted by Crippen LogP contribution is -2.33. The van der Waals surface area contributed by atoms with Gasteiger partial charge in [0.1, 0.15) is 0 Å². The second kappa shape index (κ2) is 8.04.